The number of halogens is 1. The minimum atomic E-state index is -0.312. The summed E-state index contributed by atoms with van der Waals surface area (Å²) >= 11 is 8.58. The molecule has 4 atom stereocenters. The number of benzene rings is 2. The number of fused-ring (bicyclic) bond motifs is 2. The smallest absolute Gasteiger partial charge is 0.184 e. The highest BCUT2D eigenvalue weighted by atomic mass is 35.5. The highest BCUT2D eigenvalue weighted by Crippen LogP contribution is 2.34. The van der Waals surface area contributed by atoms with E-state index in [0.29, 0.717) is 40.5 Å². The Bertz CT molecular complexity index is 2150. The second kappa shape index (κ2) is 18.3. The number of aldehydes is 2. The standard InChI is InChI=1S/C19H19N3O3S.C13H16N2O2S.C6H4ClNO/c23-11-12-9-14(7-8-20-12)25-13-5-6-16-18(10-13)26-19(22-16)21-15-3-1-2-4-17(15)24;16-8-5-6-10-12(7-8)18-13(15-10)14-9-3-1-2-4-11(9)17;7-5-1-2-8-6(3-5)4-9/h5-11,15,17,24H,1-4H2,(H,21,22);5-7,9,11,16-17H,1-4H2,(H,14,15);1-4H/t15-,17-;9-,11-;/m11./s1. The zero-order chi connectivity index (χ0) is 37.2. The third-order valence-electron chi connectivity index (χ3n) is 8.78. The lowest BCUT2D eigenvalue weighted by Crippen LogP contribution is -2.36. The monoisotopic (exact) mass is 774 g/mol. The third-order valence-corrected chi connectivity index (χ3v) is 10.9. The van der Waals surface area contributed by atoms with E-state index in [-0.39, 0.29) is 30.0 Å². The van der Waals surface area contributed by atoms with Crippen molar-refractivity contribution in [1.82, 2.24) is 19.9 Å². The van der Waals surface area contributed by atoms with Crippen molar-refractivity contribution in [3.8, 4) is 17.2 Å². The van der Waals surface area contributed by atoms with E-state index in [1.54, 1.807) is 47.9 Å². The summed E-state index contributed by atoms with van der Waals surface area (Å²) < 4.78 is 7.79. The lowest BCUT2D eigenvalue weighted by atomic mass is 9.93. The van der Waals surface area contributed by atoms with Crippen LogP contribution < -0.4 is 15.4 Å². The molecule has 0 radical (unpaired) electrons. The SMILES string of the molecule is O=Cc1cc(Cl)ccn1.O=Cc1cc(Oc2ccc3nc(N[C@@H]4CCCC[C@H]4O)sc3c2)ccn1.Oc1ccc2nc(N[C@@H]3CCCC[C@H]3O)sc2c1. The number of thiazole rings is 2. The number of carbonyl (C=O) groups excluding carboxylic acids is 2. The van der Waals surface area contributed by atoms with Gasteiger partial charge < -0.3 is 30.7 Å². The summed E-state index contributed by atoms with van der Waals surface area (Å²) in [6, 6.07) is 17.5. The largest absolute Gasteiger partial charge is 0.508 e. The van der Waals surface area contributed by atoms with Gasteiger partial charge in [0, 0.05) is 29.5 Å². The molecule has 2 aromatic carbocycles. The first-order valence-corrected chi connectivity index (χ1v) is 19.3. The van der Waals surface area contributed by atoms with Gasteiger partial charge in [-0.3, -0.25) is 19.6 Å². The third kappa shape index (κ3) is 10.7. The molecule has 0 unspecified atom stereocenters. The van der Waals surface area contributed by atoms with E-state index in [4.69, 9.17) is 16.3 Å². The molecule has 12 nitrogen and oxygen atoms in total. The van der Waals surface area contributed by atoms with Gasteiger partial charge in [0.15, 0.2) is 22.8 Å². The molecule has 0 aliphatic heterocycles. The van der Waals surface area contributed by atoms with Crippen LogP contribution in [0.5, 0.6) is 17.2 Å². The van der Waals surface area contributed by atoms with Crippen molar-refractivity contribution >= 4 is 77.5 Å². The summed E-state index contributed by atoms with van der Waals surface area (Å²) in [4.78, 5) is 37.6. The zero-order valence-electron chi connectivity index (χ0n) is 28.6. The highest BCUT2D eigenvalue weighted by molar-refractivity contribution is 7.22. The Kier molecular flexibility index (Phi) is 13.2. The molecule has 0 bridgehead atoms. The van der Waals surface area contributed by atoms with Crippen molar-refractivity contribution in [1.29, 1.82) is 0 Å². The Morgan fingerprint density at radius 2 is 1.21 bits per heavy atom. The van der Waals surface area contributed by atoms with E-state index in [1.165, 1.54) is 23.6 Å². The summed E-state index contributed by atoms with van der Waals surface area (Å²) in [6.45, 7) is 0. The Balaban J connectivity index is 0.000000153. The first kappa shape index (κ1) is 38.0. The Morgan fingerprint density at radius 1 is 0.679 bits per heavy atom. The molecule has 53 heavy (non-hydrogen) atoms. The van der Waals surface area contributed by atoms with Gasteiger partial charge in [-0.15, -0.1) is 0 Å². The number of nitrogens with one attached hydrogen (secondary N) is 2. The zero-order valence-corrected chi connectivity index (χ0v) is 31.0. The van der Waals surface area contributed by atoms with Gasteiger partial charge in [0.1, 0.15) is 28.6 Å². The van der Waals surface area contributed by atoms with Crippen molar-refractivity contribution in [3.05, 3.63) is 89.5 Å². The average molecular weight is 775 g/mol. The fourth-order valence-corrected chi connectivity index (χ4v) is 8.14. The number of aromatic hydroxyl groups is 1. The van der Waals surface area contributed by atoms with Gasteiger partial charge in [0.2, 0.25) is 0 Å². The van der Waals surface area contributed by atoms with Crippen LogP contribution in [0.1, 0.15) is 72.3 Å². The number of phenols is 1. The topological polar surface area (TPSA) is 180 Å². The maximum absolute atomic E-state index is 10.8. The maximum atomic E-state index is 10.8. The number of aliphatic hydroxyl groups excluding tert-OH is 2. The number of anilines is 2. The van der Waals surface area contributed by atoms with E-state index in [9.17, 15) is 24.9 Å². The molecule has 5 N–H and O–H groups in total. The lowest BCUT2D eigenvalue weighted by molar-refractivity contribution is 0.111. The van der Waals surface area contributed by atoms with Gasteiger partial charge in [-0.05, 0) is 74.2 Å². The molecule has 4 aromatic heterocycles. The second-order valence-electron chi connectivity index (χ2n) is 12.7. The van der Waals surface area contributed by atoms with Crippen LogP contribution in [-0.4, -0.2) is 72.1 Å². The Morgan fingerprint density at radius 3 is 1.77 bits per heavy atom. The van der Waals surface area contributed by atoms with Crippen molar-refractivity contribution in [2.24, 2.45) is 0 Å². The number of aromatic nitrogens is 4. The number of nitrogens with zero attached hydrogens (tertiary/aromatic N) is 4. The van der Waals surface area contributed by atoms with E-state index < -0.39 is 0 Å². The number of carbonyl (C=O) groups is 2. The van der Waals surface area contributed by atoms with Gasteiger partial charge in [-0.2, -0.15) is 0 Å². The van der Waals surface area contributed by atoms with Crippen molar-refractivity contribution in [2.45, 2.75) is 75.7 Å². The number of phenolic OH excluding ortho intramolecular Hbond substituents is 1. The van der Waals surface area contributed by atoms with E-state index in [0.717, 1.165) is 82.1 Å². The number of hydrogen-bond donors (Lipinski definition) is 5. The van der Waals surface area contributed by atoms with Crippen LogP contribution >= 0.6 is 34.3 Å². The van der Waals surface area contributed by atoms with Crippen LogP contribution in [0.3, 0.4) is 0 Å². The molecule has 2 saturated carbocycles. The number of rotatable bonds is 8. The van der Waals surface area contributed by atoms with Crippen LogP contribution in [0, 0.1) is 0 Å². The van der Waals surface area contributed by atoms with Gasteiger partial charge in [0.05, 0.1) is 44.7 Å². The average Bonchev–Trinajstić information content (AvgIpc) is 3.76. The van der Waals surface area contributed by atoms with Gasteiger partial charge >= 0.3 is 0 Å². The van der Waals surface area contributed by atoms with E-state index >= 15 is 0 Å². The normalized spacial score (nSPS) is 19.6. The molecule has 2 fully saturated rings. The lowest BCUT2D eigenvalue weighted by Gasteiger charge is -2.27. The van der Waals surface area contributed by atoms with Crippen molar-refractivity contribution in [3.63, 3.8) is 0 Å². The summed E-state index contributed by atoms with van der Waals surface area (Å²) in [7, 11) is 0. The maximum Gasteiger partial charge on any atom is 0.184 e. The van der Waals surface area contributed by atoms with Crippen molar-refractivity contribution in [2.75, 3.05) is 10.6 Å². The molecule has 2 aliphatic carbocycles. The molecule has 4 heterocycles. The fraction of sp³-hybridized carbons (Fsp3) is 0.316. The van der Waals surface area contributed by atoms with Crippen molar-refractivity contribution < 1.29 is 29.6 Å². The Hall–Kier alpha value is -4.73. The molecule has 15 heteroatoms. The summed E-state index contributed by atoms with van der Waals surface area (Å²) in [6.07, 6.45) is 11.9. The number of aliphatic hydroxyl groups is 2. The molecule has 6 aromatic rings. The van der Waals surface area contributed by atoms with Gasteiger partial charge in [0.25, 0.3) is 0 Å². The van der Waals surface area contributed by atoms with Crippen LogP contribution in [0.15, 0.2) is 73.1 Å². The number of hydrogen-bond acceptors (Lipinski definition) is 14. The minimum Gasteiger partial charge on any atom is -0.508 e. The van der Waals surface area contributed by atoms with E-state index in [2.05, 4.69) is 30.6 Å². The second-order valence-corrected chi connectivity index (χ2v) is 15.2. The first-order valence-electron chi connectivity index (χ1n) is 17.3. The summed E-state index contributed by atoms with van der Waals surface area (Å²) in [5, 5.41) is 38.3. The van der Waals surface area contributed by atoms with Crippen LogP contribution in [0.25, 0.3) is 20.4 Å². The molecule has 0 saturated heterocycles. The Labute approximate surface area is 318 Å². The molecule has 2 aliphatic rings. The number of ether oxygens (including phenoxy) is 1. The molecule has 0 spiro atoms. The molecule has 8 rings (SSSR count). The molecule has 0 amide bonds. The number of pyridine rings is 2. The van der Waals surface area contributed by atoms with Crippen LogP contribution in [0.4, 0.5) is 10.3 Å². The summed E-state index contributed by atoms with van der Waals surface area (Å²) in [5.41, 5.74) is 2.46. The molecular formula is C38H39ClN6O6S2. The summed E-state index contributed by atoms with van der Waals surface area (Å²) in [5.74, 6) is 1.50. The molecule has 276 valence electrons. The highest BCUT2D eigenvalue weighted by Gasteiger charge is 2.25. The quantitative estimate of drug-likeness (QED) is 0.0936. The predicted octanol–water partition coefficient (Wildman–Crippen LogP) is 8.28. The van der Waals surface area contributed by atoms with Gasteiger partial charge in [-0.1, -0.05) is 60.0 Å². The van der Waals surface area contributed by atoms with Gasteiger partial charge in [-0.25, -0.2) is 9.97 Å². The first-order chi connectivity index (χ1) is 25.8. The fourth-order valence-electron chi connectivity index (χ4n) is 6.06. The molecular weight excluding hydrogens is 736 g/mol. The van der Waals surface area contributed by atoms with Crippen LogP contribution in [0.2, 0.25) is 5.02 Å². The predicted molar refractivity (Wildman–Crippen MR) is 209 cm³/mol. The van der Waals surface area contributed by atoms with E-state index in [1.807, 2.05) is 24.3 Å². The minimum absolute atomic E-state index is 0.0682. The van der Waals surface area contributed by atoms with Crippen LogP contribution in [-0.2, 0) is 0 Å².